The molecule has 0 N–H and O–H groups in total. The average molecular weight is 392 g/mol. The number of pyridine rings is 2. The molecule has 0 saturated carbocycles. The molecule has 4 rings (SSSR count). The number of ether oxygens (including phenoxy) is 1. The Morgan fingerprint density at radius 2 is 1.83 bits per heavy atom. The molecular weight excluding hydrogens is 368 g/mol. The molecular formula is C22H24N4O3. The van der Waals surface area contributed by atoms with Gasteiger partial charge in [-0.1, -0.05) is 18.2 Å². The summed E-state index contributed by atoms with van der Waals surface area (Å²) in [5, 5.41) is 0.835. The first-order chi connectivity index (χ1) is 14.2. The van der Waals surface area contributed by atoms with Crippen molar-refractivity contribution < 1.29 is 9.53 Å². The van der Waals surface area contributed by atoms with Gasteiger partial charge in [-0.05, 0) is 31.2 Å². The van der Waals surface area contributed by atoms with Gasteiger partial charge >= 0.3 is 0 Å². The van der Waals surface area contributed by atoms with Crippen molar-refractivity contribution in [2.24, 2.45) is 0 Å². The molecule has 1 aliphatic rings. The largest absolute Gasteiger partial charge is 0.483 e. The number of carbonyl (C=O) groups is 1. The van der Waals surface area contributed by atoms with Gasteiger partial charge in [-0.3, -0.25) is 9.59 Å². The van der Waals surface area contributed by atoms with Crippen LogP contribution in [0.5, 0.6) is 5.75 Å². The maximum atomic E-state index is 12.6. The lowest BCUT2D eigenvalue weighted by Gasteiger charge is -2.35. The van der Waals surface area contributed by atoms with Gasteiger partial charge in [-0.15, -0.1) is 0 Å². The van der Waals surface area contributed by atoms with E-state index in [4.69, 9.17) is 4.74 Å². The fourth-order valence-electron chi connectivity index (χ4n) is 3.71. The summed E-state index contributed by atoms with van der Waals surface area (Å²) in [5.74, 6) is 1.31. The number of aryl methyl sites for hydroxylation is 1. The Kier molecular flexibility index (Phi) is 5.46. The van der Waals surface area contributed by atoms with Gasteiger partial charge in [0.1, 0.15) is 11.6 Å². The van der Waals surface area contributed by atoms with Crippen molar-refractivity contribution in [2.75, 3.05) is 37.7 Å². The van der Waals surface area contributed by atoms with Gasteiger partial charge in [0, 0.05) is 50.4 Å². The van der Waals surface area contributed by atoms with Crippen molar-refractivity contribution in [3.63, 3.8) is 0 Å². The zero-order chi connectivity index (χ0) is 20.2. The van der Waals surface area contributed by atoms with Crippen LogP contribution in [0.2, 0.25) is 0 Å². The van der Waals surface area contributed by atoms with Crippen LogP contribution in [0, 0.1) is 0 Å². The SMILES string of the molecule is CCn1c(=O)cc(OCC(=O)N2CCN(c3ccccn3)CC2)c2ccccc21. The van der Waals surface area contributed by atoms with E-state index in [1.807, 2.05) is 49.4 Å². The van der Waals surface area contributed by atoms with Gasteiger partial charge in [0.15, 0.2) is 6.61 Å². The quantitative estimate of drug-likeness (QED) is 0.666. The number of carbonyl (C=O) groups excluding carboxylic acids is 1. The van der Waals surface area contributed by atoms with E-state index in [0.717, 1.165) is 29.8 Å². The predicted molar refractivity (Wildman–Crippen MR) is 112 cm³/mol. The van der Waals surface area contributed by atoms with Crippen LogP contribution >= 0.6 is 0 Å². The van der Waals surface area contributed by atoms with Crippen LogP contribution in [0.3, 0.4) is 0 Å². The number of hydrogen-bond donors (Lipinski definition) is 0. The average Bonchev–Trinajstić information content (AvgIpc) is 2.78. The summed E-state index contributed by atoms with van der Waals surface area (Å²) in [6, 6.07) is 14.9. The first-order valence-electron chi connectivity index (χ1n) is 9.86. The van der Waals surface area contributed by atoms with E-state index in [1.54, 1.807) is 15.7 Å². The lowest BCUT2D eigenvalue weighted by atomic mass is 10.2. The van der Waals surface area contributed by atoms with Gasteiger partial charge in [0.05, 0.1) is 5.52 Å². The van der Waals surface area contributed by atoms with E-state index >= 15 is 0 Å². The van der Waals surface area contributed by atoms with Crippen LogP contribution in [-0.4, -0.2) is 53.1 Å². The van der Waals surface area contributed by atoms with E-state index in [2.05, 4.69) is 9.88 Å². The lowest BCUT2D eigenvalue weighted by Crippen LogP contribution is -2.50. The van der Waals surface area contributed by atoms with Crippen LogP contribution in [0.15, 0.2) is 59.5 Å². The van der Waals surface area contributed by atoms with Crippen molar-refractivity contribution in [1.82, 2.24) is 14.5 Å². The molecule has 0 spiro atoms. The number of fused-ring (bicyclic) bond motifs is 1. The first kappa shape index (κ1) is 19.0. The highest BCUT2D eigenvalue weighted by molar-refractivity contribution is 5.86. The van der Waals surface area contributed by atoms with E-state index in [-0.39, 0.29) is 18.1 Å². The molecule has 1 aromatic carbocycles. The topological polar surface area (TPSA) is 67.7 Å². The molecule has 7 heteroatoms. The Bertz CT molecular complexity index is 1060. The minimum Gasteiger partial charge on any atom is -0.483 e. The Balaban J connectivity index is 1.41. The van der Waals surface area contributed by atoms with E-state index in [1.165, 1.54) is 6.07 Å². The number of nitrogens with zero attached hydrogens (tertiary/aromatic N) is 4. The summed E-state index contributed by atoms with van der Waals surface area (Å²) in [4.78, 5) is 33.4. The third-order valence-corrected chi connectivity index (χ3v) is 5.25. The third kappa shape index (κ3) is 3.94. The molecule has 1 saturated heterocycles. The molecule has 7 nitrogen and oxygen atoms in total. The molecule has 3 aromatic rings. The van der Waals surface area contributed by atoms with Crippen molar-refractivity contribution in [3.05, 3.63) is 65.1 Å². The molecule has 0 aliphatic carbocycles. The molecule has 0 radical (unpaired) electrons. The Labute approximate surface area is 169 Å². The molecule has 150 valence electrons. The van der Waals surface area contributed by atoms with Crippen molar-refractivity contribution >= 4 is 22.6 Å². The van der Waals surface area contributed by atoms with E-state index in [9.17, 15) is 9.59 Å². The predicted octanol–water partition coefficient (Wildman–Crippen LogP) is 2.14. The molecule has 0 unspecified atom stereocenters. The fraction of sp³-hybridized carbons (Fsp3) is 0.318. The van der Waals surface area contributed by atoms with Crippen LogP contribution in [0.1, 0.15) is 6.92 Å². The maximum Gasteiger partial charge on any atom is 0.260 e. The second-order valence-corrected chi connectivity index (χ2v) is 6.95. The number of hydrogen-bond acceptors (Lipinski definition) is 5. The summed E-state index contributed by atoms with van der Waals surface area (Å²) in [6.45, 7) is 5.15. The van der Waals surface area contributed by atoms with Gasteiger partial charge in [-0.25, -0.2) is 4.98 Å². The standard InChI is InChI=1S/C22H24N4O3/c1-2-26-18-8-4-3-7-17(18)19(15-21(26)27)29-16-22(28)25-13-11-24(12-14-25)20-9-5-6-10-23-20/h3-10,15H,2,11-14,16H2,1H3. The molecule has 29 heavy (non-hydrogen) atoms. The summed E-state index contributed by atoms with van der Waals surface area (Å²) in [5.41, 5.74) is 0.687. The van der Waals surface area contributed by atoms with E-state index in [0.29, 0.717) is 25.4 Å². The number of benzene rings is 1. The lowest BCUT2D eigenvalue weighted by molar-refractivity contribution is -0.133. The van der Waals surface area contributed by atoms with Gasteiger partial charge in [0.25, 0.3) is 11.5 Å². The Morgan fingerprint density at radius 1 is 1.07 bits per heavy atom. The van der Waals surface area contributed by atoms with E-state index < -0.39 is 0 Å². The van der Waals surface area contributed by atoms with Crippen molar-refractivity contribution in [1.29, 1.82) is 0 Å². The van der Waals surface area contributed by atoms with Gasteiger partial charge in [-0.2, -0.15) is 0 Å². The summed E-state index contributed by atoms with van der Waals surface area (Å²) < 4.78 is 7.49. The highest BCUT2D eigenvalue weighted by Gasteiger charge is 2.22. The molecule has 0 bridgehead atoms. The molecule has 1 amide bonds. The Morgan fingerprint density at radius 3 is 2.55 bits per heavy atom. The molecule has 1 fully saturated rings. The number of amides is 1. The minimum atomic E-state index is -0.127. The number of anilines is 1. The van der Waals surface area contributed by atoms with Crippen molar-refractivity contribution in [2.45, 2.75) is 13.5 Å². The second-order valence-electron chi connectivity index (χ2n) is 6.95. The van der Waals surface area contributed by atoms with Crippen LogP contribution in [0.25, 0.3) is 10.9 Å². The summed E-state index contributed by atoms with van der Waals surface area (Å²) >= 11 is 0. The number of para-hydroxylation sites is 1. The zero-order valence-electron chi connectivity index (χ0n) is 16.5. The van der Waals surface area contributed by atoms with Crippen LogP contribution in [0.4, 0.5) is 5.82 Å². The molecule has 2 aromatic heterocycles. The minimum absolute atomic E-state index is 0.0746. The van der Waals surface area contributed by atoms with Gasteiger partial charge < -0.3 is 19.1 Å². The second kappa shape index (κ2) is 8.34. The highest BCUT2D eigenvalue weighted by Crippen LogP contribution is 2.23. The molecule has 3 heterocycles. The zero-order valence-corrected chi connectivity index (χ0v) is 16.5. The molecule has 0 atom stereocenters. The summed E-state index contributed by atoms with van der Waals surface area (Å²) in [7, 11) is 0. The smallest absolute Gasteiger partial charge is 0.260 e. The number of aromatic nitrogens is 2. The fourth-order valence-corrected chi connectivity index (χ4v) is 3.71. The Hall–Kier alpha value is -3.35. The normalized spacial score (nSPS) is 14.2. The number of rotatable bonds is 5. The first-order valence-corrected chi connectivity index (χ1v) is 9.86. The third-order valence-electron chi connectivity index (χ3n) is 5.25. The van der Waals surface area contributed by atoms with Gasteiger partial charge in [0.2, 0.25) is 0 Å². The summed E-state index contributed by atoms with van der Waals surface area (Å²) in [6.07, 6.45) is 1.78. The number of piperazine rings is 1. The van der Waals surface area contributed by atoms with Crippen LogP contribution in [-0.2, 0) is 11.3 Å². The maximum absolute atomic E-state index is 12.6. The monoisotopic (exact) mass is 392 g/mol. The van der Waals surface area contributed by atoms with Crippen LogP contribution < -0.4 is 15.2 Å². The van der Waals surface area contributed by atoms with Crippen molar-refractivity contribution in [3.8, 4) is 5.75 Å². The highest BCUT2D eigenvalue weighted by atomic mass is 16.5. The molecule has 1 aliphatic heterocycles.